The third-order valence-corrected chi connectivity index (χ3v) is 4.11. The molecule has 0 bridgehead atoms. The number of nitrogens with one attached hydrogen (secondary N) is 1. The Balaban J connectivity index is 2.02. The fraction of sp³-hybridized carbons (Fsp3) is 0.526. The molecule has 0 saturated carbocycles. The third kappa shape index (κ3) is 5.87. The van der Waals surface area contributed by atoms with E-state index in [1.807, 2.05) is 30.3 Å². The Morgan fingerprint density at radius 3 is 2.48 bits per heavy atom. The highest BCUT2D eigenvalue weighted by Crippen LogP contribution is 2.23. The highest BCUT2D eigenvalue weighted by molar-refractivity contribution is 5.85. The van der Waals surface area contributed by atoms with E-state index in [4.69, 9.17) is 9.47 Å². The van der Waals surface area contributed by atoms with Gasteiger partial charge in [-0.05, 0) is 39.2 Å². The first-order valence-corrected chi connectivity index (χ1v) is 8.81. The van der Waals surface area contributed by atoms with Gasteiger partial charge in [-0.3, -0.25) is 0 Å². The molecular formula is C19H26N2O6. The number of carbonyl (C=O) groups excluding carboxylic acids is 2. The van der Waals surface area contributed by atoms with Gasteiger partial charge in [0.05, 0.1) is 6.54 Å². The Morgan fingerprint density at radius 2 is 1.89 bits per heavy atom. The summed E-state index contributed by atoms with van der Waals surface area (Å²) in [5.41, 5.74) is -1.53. The number of aliphatic carboxylic acids is 1. The number of hydrogen-bond donors (Lipinski definition) is 2. The van der Waals surface area contributed by atoms with Gasteiger partial charge in [-0.15, -0.1) is 0 Å². The summed E-state index contributed by atoms with van der Waals surface area (Å²) in [5, 5.41) is 12.1. The predicted octanol–water partition coefficient (Wildman–Crippen LogP) is 2.77. The fourth-order valence-electron chi connectivity index (χ4n) is 2.85. The number of nitrogens with zero attached hydrogens (tertiary/aromatic N) is 1. The summed E-state index contributed by atoms with van der Waals surface area (Å²) < 4.78 is 10.4. The molecule has 0 spiro atoms. The standard InChI is InChI=1S/C19H26N2O6/c1-18(2,3)27-16(24)20-19(15(22)23)10-7-11-21(13-19)17(25)26-12-14-8-5-4-6-9-14/h4-6,8-9H,7,10-13H2,1-3H3,(H,20,24)(H,22,23). The monoisotopic (exact) mass is 378 g/mol. The first-order chi connectivity index (χ1) is 12.6. The fourth-order valence-corrected chi connectivity index (χ4v) is 2.85. The van der Waals surface area contributed by atoms with Gasteiger partial charge in [0.1, 0.15) is 12.2 Å². The van der Waals surface area contributed by atoms with Crippen LogP contribution >= 0.6 is 0 Å². The van der Waals surface area contributed by atoms with E-state index in [9.17, 15) is 19.5 Å². The minimum atomic E-state index is -1.60. The van der Waals surface area contributed by atoms with E-state index in [0.717, 1.165) is 5.56 Å². The van der Waals surface area contributed by atoms with Crippen LogP contribution in [0, 0.1) is 0 Å². The number of rotatable bonds is 4. The van der Waals surface area contributed by atoms with E-state index < -0.39 is 29.3 Å². The topological polar surface area (TPSA) is 105 Å². The van der Waals surface area contributed by atoms with Gasteiger partial charge in [0.2, 0.25) is 0 Å². The number of ether oxygens (including phenoxy) is 2. The molecule has 8 nitrogen and oxygen atoms in total. The summed E-state index contributed by atoms with van der Waals surface area (Å²) in [7, 11) is 0. The first kappa shape index (κ1) is 20.5. The van der Waals surface area contributed by atoms with Crippen LogP contribution in [0.15, 0.2) is 30.3 Å². The molecule has 1 unspecified atom stereocenters. The zero-order valence-electron chi connectivity index (χ0n) is 15.9. The maximum Gasteiger partial charge on any atom is 0.410 e. The number of amides is 2. The summed E-state index contributed by atoms with van der Waals surface area (Å²) in [6.07, 6.45) is -0.827. The summed E-state index contributed by atoms with van der Waals surface area (Å²) in [6.45, 7) is 5.33. The van der Waals surface area contributed by atoms with Crippen molar-refractivity contribution in [3.63, 3.8) is 0 Å². The van der Waals surface area contributed by atoms with Gasteiger partial charge in [0.25, 0.3) is 0 Å². The van der Waals surface area contributed by atoms with Gasteiger partial charge in [0, 0.05) is 6.54 Å². The van der Waals surface area contributed by atoms with Crippen molar-refractivity contribution in [3.05, 3.63) is 35.9 Å². The molecule has 1 aromatic carbocycles. The van der Waals surface area contributed by atoms with E-state index >= 15 is 0 Å². The lowest BCUT2D eigenvalue weighted by Gasteiger charge is -2.39. The minimum absolute atomic E-state index is 0.0930. The minimum Gasteiger partial charge on any atom is -0.479 e. The van der Waals surface area contributed by atoms with Gasteiger partial charge < -0.3 is 24.8 Å². The van der Waals surface area contributed by atoms with Crippen LogP contribution < -0.4 is 5.32 Å². The van der Waals surface area contributed by atoms with E-state index in [1.165, 1.54) is 4.90 Å². The van der Waals surface area contributed by atoms with Crippen molar-refractivity contribution >= 4 is 18.2 Å². The lowest BCUT2D eigenvalue weighted by Crippen LogP contribution is -2.64. The van der Waals surface area contributed by atoms with E-state index in [2.05, 4.69) is 5.32 Å². The van der Waals surface area contributed by atoms with Crippen LogP contribution in [0.1, 0.15) is 39.2 Å². The van der Waals surface area contributed by atoms with Gasteiger partial charge in [-0.25, -0.2) is 14.4 Å². The molecule has 1 aliphatic rings. The van der Waals surface area contributed by atoms with Crippen molar-refractivity contribution in [3.8, 4) is 0 Å². The molecule has 1 heterocycles. The molecule has 1 saturated heterocycles. The lowest BCUT2D eigenvalue weighted by atomic mass is 9.89. The second-order valence-corrected chi connectivity index (χ2v) is 7.58. The third-order valence-electron chi connectivity index (χ3n) is 4.11. The summed E-state index contributed by atoms with van der Waals surface area (Å²) in [4.78, 5) is 37.6. The van der Waals surface area contributed by atoms with E-state index in [0.29, 0.717) is 13.0 Å². The molecule has 0 aromatic heterocycles. The number of hydrogen-bond acceptors (Lipinski definition) is 5. The van der Waals surface area contributed by atoms with Crippen LogP contribution in [0.25, 0.3) is 0 Å². The van der Waals surface area contributed by atoms with Gasteiger partial charge in [0.15, 0.2) is 5.54 Å². The Bertz CT molecular complexity index is 685. The number of likely N-dealkylation sites (tertiary alicyclic amines) is 1. The second-order valence-electron chi connectivity index (χ2n) is 7.58. The Kier molecular flexibility index (Phi) is 6.30. The number of carboxylic acid groups (broad SMARTS) is 1. The highest BCUT2D eigenvalue weighted by atomic mass is 16.6. The van der Waals surface area contributed by atoms with Crippen molar-refractivity contribution in [1.82, 2.24) is 10.2 Å². The molecule has 0 radical (unpaired) electrons. The lowest BCUT2D eigenvalue weighted by molar-refractivity contribution is -0.147. The van der Waals surface area contributed by atoms with Crippen LogP contribution in [0.3, 0.4) is 0 Å². The molecular weight excluding hydrogens is 352 g/mol. The average molecular weight is 378 g/mol. The second kappa shape index (κ2) is 8.28. The first-order valence-electron chi connectivity index (χ1n) is 8.81. The molecule has 148 valence electrons. The molecule has 1 atom stereocenters. The molecule has 2 N–H and O–H groups in total. The zero-order valence-corrected chi connectivity index (χ0v) is 15.9. The van der Waals surface area contributed by atoms with Crippen molar-refractivity contribution in [2.75, 3.05) is 13.1 Å². The molecule has 2 amide bonds. The molecule has 0 aliphatic carbocycles. The van der Waals surface area contributed by atoms with E-state index in [1.54, 1.807) is 20.8 Å². The van der Waals surface area contributed by atoms with Gasteiger partial charge in [-0.1, -0.05) is 30.3 Å². The molecule has 1 fully saturated rings. The number of piperidine rings is 1. The number of carboxylic acids is 1. The number of carbonyl (C=O) groups is 3. The van der Waals surface area contributed by atoms with Crippen molar-refractivity contribution < 1.29 is 29.0 Å². The molecule has 2 rings (SSSR count). The molecule has 1 aliphatic heterocycles. The van der Waals surface area contributed by atoms with Crippen LogP contribution in [-0.4, -0.2) is 52.4 Å². The average Bonchev–Trinajstić information content (AvgIpc) is 2.59. The molecule has 1 aromatic rings. The van der Waals surface area contributed by atoms with Crippen LogP contribution in [0.2, 0.25) is 0 Å². The van der Waals surface area contributed by atoms with Crippen LogP contribution in [-0.2, 0) is 20.9 Å². The number of alkyl carbamates (subject to hydrolysis) is 1. The smallest absolute Gasteiger partial charge is 0.410 e. The van der Waals surface area contributed by atoms with Crippen molar-refractivity contribution in [2.24, 2.45) is 0 Å². The van der Waals surface area contributed by atoms with Gasteiger partial charge in [-0.2, -0.15) is 0 Å². The normalized spacial score (nSPS) is 19.9. The zero-order chi connectivity index (χ0) is 20.1. The SMILES string of the molecule is CC(C)(C)OC(=O)NC1(C(=O)O)CCCN(C(=O)OCc2ccccc2)C1. The largest absolute Gasteiger partial charge is 0.479 e. The quantitative estimate of drug-likeness (QED) is 0.835. The summed E-state index contributed by atoms with van der Waals surface area (Å²) in [5.74, 6) is -1.21. The Labute approximate surface area is 158 Å². The van der Waals surface area contributed by atoms with Crippen molar-refractivity contribution in [2.45, 2.75) is 51.4 Å². The highest BCUT2D eigenvalue weighted by Gasteiger charge is 2.46. The predicted molar refractivity (Wildman–Crippen MR) is 97.2 cm³/mol. The van der Waals surface area contributed by atoms with Crippen LogP contribution in [0.4, 0.5) is 9.59 Å². The van der Waals surface area contributed by atoms with Crippen molar-refractivity contribution in [1.29, 1.82) is 0 Å². The molecule has 8 heteroatoms. The summed E-state index contributed by atoms with van der Waals surface area (Å²) >= 11 is 0. The Hall–Kier alpha value is -2.77. The van der Waals surface area contributed by atoms with E-state index in [-0.39, 0.29) is 19.6 Å². The Morgan fingerprint density at radius 1 is 1.22 bits per heavy atom. The van der Waals surface area contributed by atoms with Gasteiger partial charge >= 0.3 is 18.2 Å². The number of benzene rings is 1. The summed E-state index contributed by atoms with van der Waals surface area (Å²) in [6, 6.07) is 9.19. The maximum atomic E-state index is 12.4. The maximum absolute atomic E-state index is 12.4. The van der Waals surface area contributed by atoms with Crippen LogP contribution in [0.5, 0.6) is 0 Å². The molecule has 27 heavy (non-hydrogen) atoms.